The molecule has 5 nitrogen and oxygen atoms in total. The Morgan fingerprint density at radius 2 is 2.11 bits per heavy atom. The number of carbonyl (C=O) groups is 1. The van der Waals surface area contributed by atoms with Gasteiger partial charge >= 0.3 is 0 Å². The van der Waals surface area contributed by atoms with Crippen molar-refractivity contribution in [1.29, 1.82) is 0 Å². The van der Waals surface area contributed by atoms with Crippen LogP contribution in [0.2, 0.25) is 0 Å². The van der Waals surface area contributed by atoms with Gasteiger partial charge in [-0.3, -0.25) is 10.1 Å². The minimum Gasteiger partial charge on any atom is -0.303 e. The zero-order valence-electron chi connectivity index (χ0n) is 17.3. The monoisotopic (exact) mass is 396 g/mol. The second-order valence-electron chi connectivity index (χ2n) is 8.79. The molecule has 0 saturated carbocycles. The molecular formula is C22H28N4OS. The molecule has 6 heteroatoms. The Kier molecular flexibility index (Phi) is 4.78. The van der Waals surface area contributed by atoms with E-state index in [1.54, 1.807) is 11.3 Å². The van der Waals surface area contributed by atoms with Crippen LogP contribution in [0.1, 0.15) is 66.4 Å². The highest BCUT2D eigenvalue weighted by Gasteiger charge is 2.30. The third-order valence-electron chi connectivity index (χ3n) is 5.94. The summed E-state index contributed by atoms with van der Waals surface area (Å²) in [5.41, 5.74) is 5.12. The quantitative estimate of drug-likeness (QED) is 0.673. The highest BCUT2D eigenvalue weighted by molar-refractivity contribution is 7.15. The van der Waals surface area contributed by atoms with Crippen molar-refractivity contribution >= 4 is 28.0 Å². The van der Waals surface area contributed by atoms with E-state index in [1.165, 1.54) is 11.3 Å². The van der Waals surface area contributed by atoms with Gasteiger partial charge in [-0.2, -0.15) is 0 Å². The Labute approximate surface area is 170 Å². The molecule has 3 aromatic heterocycles. The molecule has 1 amide bonds. The molecule has 1 aliphatic rings. The molecule has 1 atom stereocenters. The second kappa shape index (κ2) is 6.99. The molecule has 28 heavy (non-hydrogen) atoms. The van der Waals surface area contributed by atoms with Crippen LogP contribution in [0.15, 0.2) is 18.3 Å². The van der Waals surface area contributed by atoms with Crippen LogP contribution in [-0.4, -0.2) is 20.3 Å². The fourth-order valence-corrected chi connectivity index (χ4v) is 5.10. The average Bonchev–Trinajstić information content (AvgIpc) is 3.20. The number of anilines is 1. The molecule has 1 aliphatic carbocycles. The number of rotatable bonds is 3. The van der Waals surface area contributed by atoms with Gasteiger partial charge in [0.05, 0.1) is 17.0 Å². The summed E-state index contributed by atoms with van der Waals surface area (Å²) in [6.07, 6.45) is 5.99. The Morgan fingerprint density at radius 3 is 2.82 bits per heavy atom. The summed E-state index contributed by atoms with van der Waals surface area (Å²) in [5.74, 6) is 0.551. The fraction of sp³-hybridized carbons (Fsp3) is 0.500. The maximum Gasteiger partial charge on any atom is 0.258 e. The highest BCUT2D eigenvalue weighted by Crippen LogP contribution is 2.40. The molecule has 0 fully saturated rings. The maximum absolute atomic E-state index is 12.8. The zero-order valence-corrected chi connectivity index (χ0v) is 18.1. The number of amides is 1. The fourth-order valence-electron chi connectivity index (χ4n) is 4.02. The molecule has 3 aromatic rings. The molecule has 0 radical (unpaired) electrons. The number of hydrogen-bond acceptors (Lipinski definition) is 4. The van der Waals surface area contributed by atoms with Crippen LogP contribution in [0.4, 0.5) is 5.13 Å². The Balaban J connectivity index is 1.54. The molecule has 0 saturated heterocycles. The first kappa shape index (κ1) is 19.1. The largest absolute Gasteiger partial charge is 0.303 e. The van der Waals surface area contributed by atoms with Crippen LogP contribution in [0.5, 0.6) is 0 Å². The van der Waals surface area contributed by atoms with E-state index in [-0.39, 0.29) is 5.91 Å². The lowest BCUT2D eigenvalue weighted by molar-refractivity contribution is 0.102. The predicted molar refractivity (Wildman–Crippen MR) is 114 cm³/mol. The lowest BCUT2D eigenvalue weighted by Gasteiger charge is -2.33. The average molecular weight is 397 g/mol. The highest BCUT2D eigenvalue weighted by atomic mass is 32.1. The lowest BCUT2D eigenvalue weighted by Crippen LogP contribution is -2.26. The van der Waals surface area contributed by atoms with Crippen LogP contribution in [-0.2, 0) is 19.3 Å². The van der Waals surface area contributed by atoms with Gasteiger partial charge < -0.3 is 4.40 Å². The van der Waals surface area contributed by atoms with Crippen LogP contribution in [0.25, 0.3) is 5.65 Å². The third-order valence-corrected chi connectivity index (χ3v) is 6.97. The summed E-state index contributed by atoms with van der Waals surface area (Å²) in [7, 11) is 0. The van der Waals surface area contributed by atoms with Crippen molar-refractivity contribution in [3.05, 3.63) is 45.9 Å². The standard InChI is InChI=1S/C22H28N4OS/c1-6-16-13(2)26-12-14(7-10-19(26)23-16)20(27)25-21-24-17-9-8-15(22(3,4)5)11-18(17)28-21/h7,10,12,15H,6,8-9,11H2,1-5H3,(H,24,25,27). The number of nitrogens with one attached hydrogen (secondary N) is 1. The smallest absolute Gasteiger partial charge is 0.258 e. The van der Waals surface area contributed by atoms with Crippen molar-refractivity contribution in [2.75, 3.05) is 5.32 Å². The van der Waals surface area contributed by atoms with Crippen LogP contribution in [0.3, 0.4) is 0 Å². The van der Waals surface area contributed by atoms with Crippen LogP contribution < -0.4 is 5.32 Å². The van der Waals surface area contributed by atoms with E-state index in [2.05, 4.69) is 38.0 Å². The lowest BCUT2D eigenvalue weighted by atomic mass is 9.73. The van der Waals surface area contributed by atoms with Crippen molar-refractivity contribution in [3.8, 4) is 0 Å². The minimum absolute atomic E-state index is 0.119. The van der Waals surface area contributed by atoms with E-state index >= 15 is 0 Å². The summed E-state index contributed by atoms with van der Waals surface area (Å²) in [6, 6.07) is 3.74. The van der Waals surface area contributed by atoms with Gasteiger partial charge in [0, 0.05) is 16.8 Å². The van der Waals surface area contributed by atoms with Crippen molar-refractivity contribution in [3.63, 3.8) is 0 Å². The molecule has 0 spiro atoms. The SMILES string of the molecule is CCc1nc2ccc(C(=O)Nc3nc4c(s3)CC(C(C)(C)C)CC4)cn2c1C. The topological polar surface area (TPSA) is 59.3 Å². The van der Waals surface area contributed by atoms with Gasteiger partial charge in [0.1, 0.15) is 5.65 Å². The number of carbonyl (C=O) groups excluding carboxylic acids is 1. The van der Waals surface area contributed by atoms with E-state index in [4.69, 9.17) is 4.98 Å². The van der Waals surface area contributed by atoms with E-state index in [0.717, 1.165) is 42.0 Å². The molecule has 3 heterocycles. The minimum atomic E-state index is -0.119. The summed E-state index contributed by atoms with van der Waals surface area (Å²) in [6.45, 7) is 11.1. The van der Waals surface area contributed by atoms with Crippen LogP contribution in [0, 0.1) is 18.3 Å². The Morgan fingerprint density at radius 1 is 1.32 bits per heavy atom. The van der Waals surface area contributed by atoms with Crippen molar-refractivity contribution < 1.29 is 4.79 Å². The number of thiazole rings is 1. The Bertz CT molecular complexity index is 1040. The van der Waals surface area contributed by atoms with E-state index in [0.29, 0.717) is 22.0 Å². The number of hydrogen-bond donors (Lipinski definition) is 1. The number of pyridine rings is 1. The Hall–Kier alpha value is -2.21. The summed E-state index contributed by atoms with van der Waals surface area (Å²) >= 11 is 1.63. The summed E-state index contributed by atoms with van der Waals surface area (Å²) < 4.78 is 1.99. The van der Waals surface area contributed by atoms with E-state index in [1.807, 2.05) is 29.7 Å². The van der Waals surface area contributed by atoms with Crippen molar-refractivity contribution in [2.45, 2.75) is 60.3 Å². The van der Waals surface area contributed by atoms with E-state index < -0.39 is 0 Å². The molecule has 4 rings (SSSR count). The van der Waals surface area contributed by atoms with Crippen molar-refractivity contribution in [1.82, 2.24) is 14.4 Å². The normalized spacial score (nSPS) is 17.0. The molecule has 0 aliphatic heterocycles. The number of nitrogens with zero attached hydrogens (tertiary/aromatic N) is 3. The van der Waals surface area contributed by atoms with Gasteiger partial charge in [-0.05, 0) is 56.1 Å². The van der Waals surface area contributed by atoms with Crippen molar-refractivity contribution in [2.24, 2.45) is 11.3 Å². The van der Waals surface area contributed by atoms with Gasteiger partial charge in [-0.1, -0.05) is 27.7 Å². The first-order valence-corrected chi connectivity index (χ1v) is 10.9. The number of aryl methyl sites for hydroxylation is 3. The molecule has 0 aromatic carbocycles. The van der Waals surface area contributed by atoms with Crippen LogP contribution >= 0.6 is 11.3 Å². The third kappa shape index (κ3) is 3.46. The first-order valence-electron chi connectivity index (χ1n) is 10.0. The predicted octanol–water partition coefficient (Wildman–Crippen LogP) is 5.06. The van der Waals surface area contributed by atoms with Gasteiger partial charge in [0.2, 0.25) is 0 Å². The van der Waals surface area contributed by atoms with Gasteiger partial charge in [-0.25, -0.2) is 9.97 Å². The van der Waals surface area contributed by atoms with Gasteiger partial charge in [0.25, 0.3) is 5.91 Å². The number of imidazole rings is 1. The molecule has 1 N–H and O–H groups in total. The van der Waals surface area contributed by atoms with E-state index in [9.17, 15) is 4.79 Å². The number of fused-ring (bicyclic) bond motifs is 2. The maximum atomic E-state index is 12.8. The summed E-state index contributed by atoms with van der Waals surface area (Å²) in [4.78, 5) is 23.4. The molecule has 0 bridgehead atoms. The molecular weight excluding hydrogens is 368 g/mol. The molecule has 1 unspecified atom stereocenters. The number of aromatic nitrogens is 3. The molecule has 148 valence electrons. The summed E-state index contributed by atoms with van der Waals surface area (Å²) in [5, 5.41) is 3.72. The zero-order chi connectivity index (χ0) is 20.1. The first-order chi connectivity index (χ1) is 13.3. The van der Waals surface area contributed by atoms with Gasteiger partial charge in [-0.15, -0.1) is 11.3 Å². The second-order valence-corrected chi connectivity index (χ2v) is 9.88. The van der Waals surface area contributed by atoms with Gasteiger partial charge in [0.15, 0.2) is 5.13 Å².